The number of carbonyl (C=O) groups is 3. The van der Waals surface area contributed by atoms with Crippen molar-refractivity contribution in [3.05, 3.63) is 0 Å². The molecule has 0 aromatic heterocycles. The van der Waals surface area contributed by atoms with E-state index in [2.05, 4.69) is 11.7 Å². The quantitative estimate of drug-likeness (QED) is 0.0472. The standard InChI is InChI=1S/C31H61N2O8/c1-7-8-9-10-11-12-13-14-15-16-17-18-19-20-21-22-25-39-26-28(41-31(36)38-6)27-40-30(35)32(29(34)37-5)23-24-33(2,3)4/h28H,7-27H2,1-6H3/q+1. The van der Waals surface area contributed by atoms with Gasteiger partial charge in [0.2, 0.25) is 0 Å². The number of quaternary nitrogens is 1. The van der Waals surface area contributed by atoms with Crippen LogP contribution in [0.5, 0.6) is 0 Å². The fraction of sp³-hybridized carbons (Fsp3) is 0.903. The van der Waals surface area contributed by atoms with Gasteiger partial charge in [0.05, 0.1) is 55.1 Å². The molecule has 0 fully saturated rings. The third-order valence-electron chi connectivity index (χ3n) is 6.88. The van der Waals surface area contributed by atoms with Gasteiger partial charge >= 0.3 is 18.3 Å². The first-order valence-electron chi connectivity index (χ1n) is 15.8. The van der Waals surface area contributed by atoms with Crippen molar-refractivity contribution in [2.75, 3.05) is 68.3 Å². The van der Waals surface area contributed by atoms with E-state index in [0.717, 1.165) is 17.7 Å². The summed E-state index contributed by atoms with van der Waals surface area (Å²) in [4.78, 5) is 37.1. The second-order valence-corrected chi connectivity index (χ2v) is 11.8. The van der Waals surface area contributed by atoms with Crippen LogP contribution in [0.1, 0.15) is 110 Å². The average molecular weight is 590 g/mol. The van der Waals surface area contributed by atoms with Crippen LogP contribution in [0.25, 0.3) is 0 Å². The van der Waals surface area contributed by atoms with E-state index in [1.54, 1.807) is 0 Å². The number of likely N-dealkylation sites (N-methyl/N-ethyl adjacent to an activating group) is 1. The van der Waals surface area contributed by atoms with Gasteiger partial charge in [-0.2, -0.15) is 0 Å². The highest BCUT2D eigenvalue weighted by molar-refractivity contribution is 5.87. The summed E-state index contributed by atoms with van der Waals surface area (Å²) in [5.41, 5.74) is 0. The Morgan fingerprint density at radius 2 is 1.15 bits per heavy atom. The minimum absolute atomic E-state index is 0.0538. The van der Waals surface area contributed by atoms with Crippen molar-refractivity contribution < 1.29 is 42.6 Å². The largest absolute Gasteiger partial charge is 0.508 e. The molecule has 0 aliphatic rings. The highest BCUT2D eigenvalue weighted by Gasteiger charge is 2.27. The van der Waals surface area contributed by atoms with Crippen LogP contribution in [0.3, 0.4) is 0 Å². The van der Waals surface area contributed by atoms with Crippen LogP contribution in [0.15, 0.2) is 0 Å². The van der Waals surface area contributed by atoms with Crippen LogP contribution < -0.4 is 0 Å². The first kappa shape index (κ1) is 38.9. The van der Waals surface area contributed by atoms with Gasteiger partial charge < -0.3 is 28.2 Å². The summed E-state index contributed by atoms with van der Waals surface area (Å²) < 4.78 is 25.9. The van der Waals surface area contributed by atoms with E-state index in [-0.39, 0.29) is 19.8 Å². The number of hydrogen-bond acceptors (Lipinski definition) is 8. The van der Waals surface area contributed by atoms with Crippen molar-refractivity contribution in [2.45, 2.75) is 116 Å². The Labute approximate surface area is 249 Å². The normalized spacial score (nSPS) is 12.0. The molecule has 0 saturated heterocycles. The number of hydrogen-bond donors (Lipinski definition) is 0. The Balaban J connectivity index is 4.07. The van der Waals surface area contributed by atoms with E-state index >= 15 is 0 Å². The van der Waals surface area contributed by atoms with Crippen LogP contribution in [0.4, 0.5) is 14.4 Å². The van der Waals surface area contributed by atoms with Crippen molar-refractivity contribution in [1.82, 2.24) is 4.90 Å². The number of imide groups is 1. The third-order valence-corrected chi connectivity index (χ3v) is 6.88. The zero-order chi connectivity index (χ0) is 30.8. The molecule has 1 atom stereocenters. The maximum atomic E-state index is 12.5. The van der Waals surface area contributed by atoms with Crippen LogP contribution in [-0.2, 0) is 23.7 Å². The Morgan fingerprint density at radius 3 is 1.59 bits per heavy atom. The van der Waals surface area contributed by atoms with Gasteiger partial charge in [-0.05, 0) is 6.42 Å². The molecule has 0 aromatic rings. The third kappa shape index (κ3) is 24.3. The molecule has 2 amide bonds. The maximum absolute atomic E-state index is 12.5. The summed E-state index contributed by atoms with van der Waals surface area (Å²) in [6.45, 7) is 3.19. The Kier molecular flexibility index (Phi) is 24.3. The lowest BCUT2D eigenvalue weighted by Crippen LogP contribution is -2.47. The molecule has 0 N–H and O–H groups in total. The first-order chi connectivity index (χ1) is 19.6. The molecule has 10 heteroatoms. The number of carbonyl (C=O) groups excluding carboxylic acids is 3. The van der Waals surface area contributed by atoms with Gasteiger partial charge in [0.15, 0.2) is 6.10 Å². The smallest absolute Gasteiger partial charge is 0.452 e. The summed E-state index contributed by atoms with van der Waals surface area (Å²) in [6.07, 6.45) is 17.4. The predicted octanol–water partition coefficient (Wildman–Crippen LogP) is 7.33. The van der Waals surface area contributed by atoms with E-state index < -0.39 is 24.4 Å². The molecule has 10 nitrogen and oxygen atoms in total. The zero-order valence-corrected chi connectivity index (χ0v) is 27.1. The van der Waals surface area contributed by atoms with Gasteiger partial charge in [-0.1, -0.05) is 103 Å². The van der Waals surface area contributed by atoms with Crippen LogP contribution in [0.2, 0.25) is 0 Å². The Bertz CT molecular complexity index is 669. The molecule has 0 rings (SSSR count). The van der Waals surface area contributed by atoms with E-state index in [1.807, 2.05) is 21.1 Å². The Morgan fingerprint density at radius 1 is 0.659 bits per heavy atom. The maximum Gasteiger partial charge on any atom is 0.508 e. The van der Waals surface area contributed by atoms with Gasteiger partial charge in [0.25, 0.3) is 0 Å². The number of nitrogens with zero attached hydrogens (tertiary/aromatic N) is 2. The fourth-order valence-corrected chi connectivity index (χ4v) is 4.28. The second kappa shape index (κ2) is 25.6. The van der Waals surface area contributed by atoms with Gasteiger partial charge in [0, 0.05) is 6.61 Å². The van der Waals surface area contributed by atoms with Gasteiger partial charge in [-0.25, -0.2) is 19.3 Å². The lowest BCUT2D eigenvalue weighted by atomic mass is 10.0. The van der Waals surface area contributed by atoms with E-state index in [0.29, 0.717) is 17.6 Å². The highest BCUT2D eigenvalue weighted by Crippen LogP contribution is 2.14. The highest BCUT2D eigenvalue weighted by atomic mass is 16.7. The summed E-state index contributed by atoms with van der Waals surface area (Å²) >= 11 is 0. The molecule has 242 valence electrons. The number of ether oxygens (including phenoxy) is 5. The molecule has 0 aromatic carbocycles. The molecule has 0 heterocycles. The number of unbranched alkanes of at least 4 members (excludes halogenated alkanes) is 15. The summed E-state index contributed by atoms with van der Waals surface area (Å²) in [7, 11) is 8.23. The van der Waals surface area contributed by atoms with Crippen molar-refractivity contribution in [3.8, 4) is 0 Å². The van der Waals surface area contributed by atoms with Gasteiger partial charge in [0.1, 0.15) is 6.61 Å². The molecular formula is C31H61N2O8+. The van der Waals surface area contributed by atoms with Crippen molar-refractivity contribution in [1.29, 1.82) is 0 Å². The minimum atomic E-state index is -0.896. The lowest BCUT2D eigenvalue weighted by molar-refractivity contribution is -0.869. The van der Waals surface area contributed by atoms with E-state index in [4.69, 9.17) is 18.9 Å². The molecule has 0 saturated carbocycles. The topological polar surface area (TPSA) is 101 Å². The average Bonchev–Trinajstić information content (AvgIpc) is 2.94. The molecule has 1 unspecified atom stereocenters. The van der Waals surface area contributed by atoms with Crippen LogP contribution in [-0.4, -0.2) is 102 Å². The fourth-order valence-electron chi connectivity index (χ4n) is 4.28. The SMILES string of the molecule is CCCCCCCCCCCCCCCCCCOCC(COC(=O)N(CC[N+](C)(C)C)C(=O)OC)OC(=O)OC. The molecule has 0 spiro atoms. The molecule has 41 heavy (non-hydrogen) atoms. The number of rotatable bonds is 25. The zero-order valence-electron chi connectivity index (χ0n) is 27.1. The van der Waals surface area contributed by atoms with Gasteiger partial charge in [-0.15, -0.1) is 0 Å². The van der Waals surface area contributed by atoms with Gasteiger partial charge in [-0.3, -0.25) is 0 Å². The molecule has 0 radical (unpaired) electrons. The second-order valence-electron chi connectivity index (χ2n) is 11.8. The Hall–Kier alpha value is -2.07. The molecule has 0 aliphatic heterocycles. The monoisotopic (exact) mass is 589 g/mol. The molecule has 0 aliphatic carbocycles. The molecule has 0 bridgehead atoms. The minimum Gasteiger partial charge on any atom is -0.452 e. The van der Waals surface area contributed by atoms with Crippen molar-refractivity contribution in [3.63, 3.8) is 0 Å². The van der Waals surface area contributed by atoms with E-state index in [1.165, 1.54) is 104 Å². The first-order valence-corrected chi connectivity index (χ1v) is 15.8. The summed E-state index contributed by atoms with van der Waals surface area (Å²) in [5, 5.41) is 0. The number of amides is 2. The predicted molar refractivity (Wildman–Crippen MR) is 161 cm³/mol. The lowest BCUT2D eigenvalue weighted by Gasteiger charge is -2.27. The summed E-state index contributed by atoms with van der Waals surface area (Å²) in [6, 6.07) is 0. The van der Waals surface area contributed by atoms with E-state index in [9.17, 15) is 14.4 Å². The van der Waals surface area contributed by atoms with Crippen LogP contribution in [0, 0.1) is 0 Å². The summed E-state index contributed by atoms with van der Waals surface area (Å²) in [5.74, 6) is 0. The molecular weight excluding hydrogens is 528 g/mol. The van der Waals surface area contributed by atoms with Crippen LogP contribution >= 0.6 is 0 Å². The van der Waals surface area contributed by atoms with Crippen molar-refractivity contribution >= 4 is 18.3 Å². The number of methoxy groups -OCH3 is 2. The van der Waals surface area contributed by atoms with Crippen molar-refractivity contribution in [2.24, 2.45) is 0 Å².